The number of hydrogen-bond donors (Lipinski definition) is 3. The van der Waals surface area contributed by atoms with E-state index in [0.717, 1.165) is 12.0 Å². The zero-order valence-electron chi connectivity index (χ0n) is 16.9. The van der Waals surface area contributed by atoms with Crippen LogP contribution in [0.1, 0.15) is 64.5 Å². The Labute approximate surface area is 163 Å². The third-order valence-corrected chi connectivity index (χ3v) is 3.92. The molecule has 0 aliphatic carbocycles. The Kier molecular flexibility index (Phi) is 9.92. The molecule has 0 saturated heterocycles. The van der Waals surface area contributed by atoms with E-state index in [1.165, 1.54) is 31.2 Å². The molecule has 0 bridgehead atoms. The number of alkyl carbamates (subject to hydrolysis) is 1. The summed E-state index contributed by atoms with van der Waals surface area (Å²) < 4.78 is 5.12. The Bertz CT molecular complexity index is 622. The first-order valence-corrected chi connectivity index (χ1v) is 9.64. The second-order valence-corrected chi connectivity index (χ2v) is 7.66. The van der Waals surface area contributed by atoms with Gasteiger partial charge >= 0.3 is 6.09 Å². The third kappa shape index (κ3) is 10.0. The van der Waals surface area contributed by atoms with Crippen molar-refractivity contribution in [3.05, 3.63) is 35.4 Å². The van der Waals surface area contributed by atoms with E-state index in [0.29, 0.717) is 0 Å². The number of aliphatic hydroxyl groups is 2. The molecule has 2 atom stereocenters. The van der Waals surface area contributed by atoms with Crippen molar-refractivity contribution in [2.45, 2.75) is 77.5 Å². The van der Waals surface area contributed by atoms with Crippen LogP contribution in [0.5, 0.6) is 0 Å². The number of nitrogens with one attached hydrogen (secondary N) is 1. The van der Waals surface area contributed by atoms with Crippen molar-refractivity contribution >= 4 is 6.09 Å². The molecule has 0 aliphatic rings. The van der Waals surface area contributed by atoms with E-state index in [4.69, 9.17) is 4.74 Å². The molecule has 0 unspecified atom stereocenters. The van der Waals surface area contributed by atoms with Crippen molar-refractivity contribution in [1.82, 2.24) is 5.32 Å². The van der Waals surface area contributed by atoms with Crippen molar-refractivity contribution < 1.29 is 19.7 Å². The lowest BCUT2D eigenvalue weighted by Gasteiger charge is -2.23. The Morgan fingerprint density at radius 1 is 1.19 bits per heavy atom. The summed E-state index contributed by atoms with van der Waals surface area (Å²) in [5, 5.41) is 22.0. The monoisotopic (exact) mass is 375 g/mol. The molecule has 0 spiro atoms. The van der Waals surface area contributed by atoms with Crippen LogP contribution in [0.25, 0.3) is 0 Å². The zero-order valence-corrected chi connectivity index (χ0v) is 16.9. The summed E-state index contributed by atoms with van der Waals surface area (Å²) in [6, 6.07) is 7.02. The first kappa shape index (κ1) is 23.0. The summed E-state index contributed by atoms with van der Waals surface area (Å²) in [4.78, 5) is 11.8. The van der Waals surface area contributed by atoms with Gasteiger partial charge < -0.3 is 20.3 Å². The lowest BCUT2D eigenvalue weighted by Crippen LogP contribution is -2.47. The van der Waals surface area contributed by atoms with Crippen molar-refractivity contribution in [3.63, 3.8) is 0 Å². The van der Waals surface area contributed by atoms with E-state index in [1.807, 2.05) is 24.3 Å². The number of benzene rings is 1. The SMILES string of the molecule is CCCCCCc1ccc(C#C[C@H](O)[C@@H](CO)NC(=O)OC(C)(C)C)cc1. The predicted molar refractivity (Wildman–Crippen MR) is 107 cm³/mol. The highest BCUT2D eigenvalue weighted by molar-refractivity contribution is 5.68. The fraction of sp³-hybridized carbons (Fsp3) is 0.591. The Hall–Kier alpha value is -2.03. The molecule has 150 valence electrons. The van der Waals surface area contributed by atoms with Gasteiger partial charge in [0.15, 0.2) is 0 Å². The van der Waals surface area contributed by atoms with E-state index in [-0.39, 0.29) is 0 Å². The van der Waals surface area contributed by atoms with Gasteiger partial charge in [0.1, 0.15) is 11.7 Å². The Balaban J connectivity index is 2.58. The van der Waals surface area contributed by atoms with Gasteiger partial charge in [-0.15, -0.1) is 0 Å². The number of unbranched alkanes of at least 4 members (excludes halogenated alkanes) is 3. The molecule has 0 aromatic heterocycles. The first-order chi connectivity index (χ1) is 12.7. The van der Waals surface area contributed by atoms with Gasteiger partial charge in [-0.05, 0) is 51.3 Å². The largest absolute Gasteiger partial charge is 0.444 e. The summed E-state index contributed by atoms with van der Waals surface area (Å²) >= 11 is 0. The molecule has 0 radical (unpaired) electrons. The van der Waals surface area contributed by atoms with Crippen LogP contribution in [0.2, 0.25) is 0 Å². The lowest BCUT2D eigenvalue weighted by molar-refractivity contribution is 0.0413. The van der Waals surface area contributed by atoms with Crippen molar-refractivity contribution in [1.29, 1.82) is 0 Å². The standard InChI is InChI=1S/C22H33NO4/c1-5-6-7-8-9-17-10-12-18(13-11-17)14-15-20(25)19(16-24)23-21(26)27-22(2,3)4/h10-13,19-20,24-25H,5-9,16H2,1-4H3,(H,23,26)/t19-,20+/m1/s1. The average Bonchev–Trinajstić information content (AvgIpc) is 2.60. The average molecular weight is 376 g/mol. The molecule has 0 aliphatic heterocycles. The van der Waals surface area contributed by atoms with E-state index in [9.17, 15) is 15.0 Å². The van der Waals surface area contributed by atoms with Gasteiger partial charge in [-0.25, -0.2) is 4.79 Å². The number of aryl methyl sites for hydroxylation is 1. The maximum Gasteiger partial charge on any atom is 0.408 e. The van der Waals surface area contributed by atoms with Crippen molar-refractivity contribution in [2.75, 3.05) is 6.61 Å². The van der Waals surface area contributed by atoms with Crippen molar-refractivity contribution in [3.8, 4) is 11.8 Å². The zero-order chi connectivity index (χ0) is 20.3. The fourth-order valence-electron chi connectivity index (χ4n) is 2.45. The molecule has 0 saturated carbocycles. The predicted octanol–water partition coefficient (Wildman–Crippen LogP) is 3.41. The number of hydrogen-bond acceptors (Lipinski definition) is 4. The number of rotatable bonds is 8. The number of carbonyl (C=O) groups is 1. The smallest absolute Gasteiger partial charge is 0.408 e. The molecular weight excluding hydrogens is 342 g/mol. The minimum Gasteiger partial charge on any atom is -0.444 e. The van der Waals surface area contributed by atoms with E-state index >= 15 is 0 Å². The number of carbonyl (C=O) groups excluding carboxylic acids is 1. The highest BCUT2D eigenvalue weighted by Gasteiger charge is 2.22. The molecular formula is C22H33NO4. The van der Waals surface area contributed by atoms with Crippen LogP contribution in [0.3, 0.4) is 0 Å². The first-order valence-electron chi connectivity index (χ1n) is 9.64. The molecule has 1 rings (SSSR count). The van der Waals surface area contributed by atoms with Gasteiger partial charge in [0.25, 0.3) is 0 Å². The maximum absolute atomic E-state index is 11.8. The van der Waals surface area contributed by atoms with Gasteiger partial charge in [-0.3, -0.25) is 0 Å². The number of amides is 1. The van der Waals surface area contributed by atoms with E-state index in [1.54, 1.807) is 20.8 Å². The molecule has 3 N–H and O–H groups in total. The van der Waals surface area contributed by atoms with E-state index in [2.05, 4.69) is 24.1 Å². The number of ether oxygens (including phenoxy) is 1. The van der Waals surface area contributed by atoms with Gasteiger partial charge in [0.05, 0.1) is 12.6 Å². The van der Waals surface area contributed by atoms with Crippen LogP contribution in [-0.4, -0.2) is 40.7 Å². The lowest BCUT2D eigenvalue weighted by atomic mass is 10.0. The summed E-state index contributed by atoms with van der Waals surface area (Å²) in [7, 11) is 0. The normalized spacial score (nSPS) is 13.3. The second-order valence-electron chi connectivity index (χ2n) is 7.66. The molecule has 1 aromatic rings. The molecule has 1 amide bonds. The van der Waals surface area contributed by atoms with Crippen LogP contribution in [0, 0.1) is 11.8 Å². The van der Waals surface area contributed by atoms with Crippen LogP contribution in [-0.2, 0) is 11.2 Å². The molecule has 5 heteroatoms. The summed E-state index contributed by atoms with van der Waals surface area (Å²) in [6.07, 6.45) is 4.09. The highest BCUT2D eigenvalue weighted by Crippen LogP contribution is 2.10. The fourth-order valence-corrected chi connectivity index (χ4v) is 2.45. The van der Waals surface area contributed by atoms with Crippen LogP contribution in [0.15, 0.2) is 24.3 Å². The minimum absolute atomic E-state index is 0.439. The van der Waals surface area contributed by atoms with Crippen molar-refractivity contribution in [2.24, 2.45) is 0 Å². The number of aliphatic hydroxyl groups excluding tert-OH is 2. The second kappa shape index (κ2) is 11.6. The maximum atomic E-state index is 11.8. The minimum atomic E-state index is -1.20. The van der Waals surface area contributed by atoms with Crippen LogP contribution in [0.4, 0.5) is 4.79 Å². The van der Waals surface area contributed by atoms with Crippen LogP contribution < -0.4 is 5.32 Å². The molecule has 1 aromatic carbocycles. The van der Waals surface area contributed by atoms with Gasteiger partial charge in [0.2, 0.25) is 0 Å². The van der Waals surface area contributed by atoms with Gasteiger partial charge in [-0.1, -0.05) is 50.2 Å². The molecule has 5 nitrogen and oxygen atoms in total. The third-order valence-electron chi connectivity index (χ3n) is 3.92. The molecule has 27 heavy (non-hydrogen) atoms. The summed E-state index contributed by atoms with van der Waals surface area (Å²) in [6.45, 7) is 6.98. The van der Waals surface area contributed by atoms with Gasteiger partial charge in [-0.2, -0.15) is 0 Å². The Morgan fingerprint density at radius 2 is 1.85 bits per heavy atom. The summed E-state index contributed by atoms with van der Waals surface area (Å²) in [5.41, 5.74) is 1.40. The molecule has 0 fully saturated rings. The van der Waals surface area contributed by atoms with Crippen LogP contribution >= 0.6 is 0 Å². The highest BCUT2D eigenvalue weighted by atomic mass is 16.6. The molecule has 0 heterocycles. The topological polar surface area (TPSA) is 78.8 Å². The van der Waals surface area contributed by atoms with Gasteiger partial charge in [0, 0.05) is 5.56 Å². The Morgan fingerprint density at radius 3 is 2.41 bits per heavy atom. The quantitative estimate of drug-likeness (QED) is 0.481. The summed E-state index contributed by atoms with van der Waals surface area (Å²) in [5.74, 6) is 5.55. The van der Waals surface area contributed by atoms with E-state index < -0.39 is 30.4 Å².